The molecule has 1 aromatic carbocycles. The molecule has 1 fully saturated rings. The lowest BCUT2D eigenvalue weighted by Gasteiger charge is -2.18. The van der Waals surface area contributed by atoms with Gasteiger partial charge >= 0.3 is 18.1 Å². The summed E-state index contributed by atoms with van der Waals surface area (Å²) in [6, 6.07) is 5.49. The number of oxime groups is 1. The van der Waals surface area contributed by atoms with Gasteiger partial charge in [0.25, 0.3) is 0 Å². The molecule has 0 aliphatic carbocycles. The number of amides is 4. The molecule has 2 rings (SSSR count). The lowest BCUT2D eigenvalue weighted by Crippen LogP contribution is -2.46. The van der Waals surface area contributed by atoms with E-state index in [1.807, 2.05) is 19.0 Å². The van der Waals surface area contributed by atoms with Gasteiger partial charge in [-0.15, -0.1) is 0 Å². The predicted molar refractivity (Wildman–Crippen MR) is 129 cm³/mol. The number of anilines is 1. The average molecular weight is 492 g/mol. The molecule has 4 N–H and O–H groups in total. The van der Waals surface area contributed by atoms with Crippen molar-refractivity contribution in [2.24, 2.45) is 10.9 Å². The largest absolute Gasteiger partial charge is 0.469 e. The Bertz CT molecular complexity index is 935. The molecule has 192 valence electrons. The number of carbonyl (C=O) groups excluding carboxylic acids is 4. The normalized spacial score (nSPS) is 15.7. The third-order valence-electron chi connectivity index (χ3n) is 5.24. The molecule has 4 amide bonds. The molecule has 1 aliphatic rings. The summed E-state index contributed by atoms with van der Waals surface area (Å²) in [5.41, 5.74) is 7.07. The van der Waals surface area contributed by atoms with Crippen LogP contribution in [0.2, 0.25) is 0 Å². The van der Waals surface area contributed by atoms with Crippen molar-refractivity contribution in [1.29, 1.82) is 0 Å². The van der Waals surface area contributed by atoms with Crippen molar-refractivity contribution in [3.8, 4) is 0 Å². The molecule has 0 saturated carbocycles. The Morgan fingerprint density at radius 2 is 1.86 bits per heavy atom. The Balaban J connectivity index is 1.87. The van der Waals surface area contributed by atoms with Crippen molar-refractivity contribution in [3.63, 3.8) is 0 Å². The Morgan fingerprint density at radius 3 is 2.49 bits per heavy atom. The molecular weight excluding hydrogens is 458 g/mol. The fourth-order valence-corrected chi connectivity index (χ4v) is 3.12. The van der Waals surface area contributed by atoms with Crippen molar-refractivity contribution >= 4 is 35.5 Å². The van der Waals surface area contributed by atoms with Gasteiger partial charge in [-0.25, -0.2) is 9.59 Å². The summed E-state index contributed by atoms with van der Waals surface area (Å²) < 4.78 is 4.51. The monoisotopic (exact) mass is 491 g/mol. The second-order valence-electron chi connectivity index (χ2n) is 8.16. The van der Waals surface area contributed by atoms with E-state index in [2.05, 4.69) is 20.5 Å². The number of nitrogens with one attached hydrogen (secondary N) is 2. The van der Waals surface area contributed by atoms with Gasteiger partial charge in [-0.1, -0.05) is 5.16 Å². The molecule has 0 aromatic heterocycles. The van der Waals surface area contributed by atoms with Crippen molar-refractivity contribution < 1.29 is 28.8 Å². The number of likely N-dealkylation sites (N-methyl/N-ethyl adjacent to an activating group) is 2. The molecule has 13 heteroatoms. The first kappa shape index (κ1) is 27.4. The van der Waals surface area contributed by atoms with Gasteiger partial charge in [0.1, 0.15) is 6.04 Å². The minimum absolute atomic E-state index is 0.0156. The van der Waals surface area contributed by atoms with Crippen LogP contribution in [0, 0.1) is 0 Å². The summed E-state index contributed by atoms with van der Waals surface area (Å²) in [4.78, 5) is 57.6. The lowest BCUT2D eigenvalue weighted by molar-refractivity contribution is -0.140. The van der Waals surface area contributed by atoms with Gasteiger partial charge in [0.2, 0.25) is 5.91 Å². The highest BCUT2D eigenvalue weighted by Gasteiger charge is 2.33. The SMILES string of the molecule is COC(=O)CCNC(=O)N[C@H]1CCN(c2ccc(/C(N)=N/OC(=O)N(C)CCN(C)C)cc2)C1=O. The van der Waals surface area contributed by atoms with Crippen LogP contribution < -0.4 is 21.3 Å². The van der Waals surface area contributed by atoms with Crippen LogP contribution in [-0.4, -0.2) is 100 Å². The number of ether oxygens (including phenoxy) is 1. The molecular formula is C22H33N7O6. The molecule has 0 unspecified atom stereocenters. The van der Waals surface area contributed by atoms with E-state index in [1.54, 1.807) is 36.2 Å². The number of hydrogen-bond acceptors (Lipinski definition) is 8. The first-order valence-electron chi connectivity index (χ1n) is 11.1. The van der Waals surface area contributed by atoms with Gasteiger partial charge in [0.05, 0.1) is 13.5 Å². The van der Waals surface area contributed by atoms with Gasteiger partial charge < -0.3 is 35.8 Å². The summed E-state index contributed by atoms with van der Waals surface area (Å²) in [5, 5.41) is 8.83. The fraction of sp³-hybridized carbons (Fsp3) is 0.500. The van der Waals surface area contributed by atoms with Crippen molar-refractivity contribution in [2.75, 3.05) is 59.3 Å². The minimum Gasteiger partial charge on any atom is -0.469 e. The van der Waals surface area contributed by atoms with Gasteiger partial charge in [0.15, 0.2) is 5.84 Å². The van der Waals surface area contributed by atoms with E-state index in [9.17, 15) is 19.2 Å². The van der Waals surface area contributed by atoms with Gasteiger partial charge in [-0.05, 0) is 44.8 Å². The smallest absolute Gasteiger partial charge is 0.435 e. The quantitative estimate of drug-likeness (QED) is 0.135. The Hall–Kier alpha value is -3.87. The molecule has 13 nitrogen and oxygen atoms in total. The fourth-order valence-electron chi connectivity index (χ4n) is 3.12. The average Bonchev–Trinajstić information content (AvgIpc) is 3.20. The number of hydrogen-bond donors (Lipinski definition) is 3. The molecule has 1 saturated heterocycles. The number of nitrogens with two attached hydrogens (primary N) is 1. The van der Waals surface area contributed by atoms with E-state index in [0.29, 0.717) is 37.3 Å². The zero-order chi connectivity index (χ0) is 26.0. The lowest BCUT2D eigenvalue weighted by atomic mass is 10.2. The van der Waals surface area contributed by atoms with E-state index in [1.165, 1.54) is 12.0 Å². The van der Waals surface area contributed by atoms with Crippen LogP contribution in [0.5, 0.6) is 0 Å². The van der Waals surface area contributed by atoms with Gasteiger partial charge in [-0.3, -0.25) is 14.4 Å². The van der Waals surface area contributed by atoms with E-state index in [0.717, 1.165) is 0 Å². The Labute approximate surface area is 204 Å². The van der Waals surface area contributed by atoms with Crippen LogP contribution >= 0.6 is 0 Å². The number of benzene rings is 1. The predicted octanol–water partition coefficient (Wildman–Crippen LogP) is -0.0955. The molecule has 0 spiro atoms. The van der Waals surface area contributed by atoms with Crippen LogP contribution in [0.1, 0.15) is 18.4 Å². The van der Waals surface area contributed by atoms with Crippen molar-refractivity contribution in [2.45, 2.75) is 18.9 Å². The molecule has 0 bridgehead atoms. The third kappa shape index (κ3) is 8.45. The molecule has 35 heavy (non-hydrogen) atoms. The number of esters is 1. The van der Waals surface area contributed by atoms with Crippen LogP contribution in [-0.2, 0) is 19.2 Å². The maximum absolute atomic E-state index is 12.7. The summed E-state index contributed by atoms with van der Waals surface area (Å²) in [6.45, 7) is 1.68. The highest BCUT2D eigenvalue weighted by Crippen LogP contribution is 2.22. The highest BCUT2D eigenvalue weighted by atomic mass is 16.7. The molecule has 1 atom stereocenters. The maximum atomic E-state index is 12.7. The van der Waals surface area contributed by atoms with E-state index >= 15 is 0 Å². The Kier molecular flexibility index (Phi) is 10.3. The standard InChI is InChI=1S/C22H33N7O6/c1-27(2)13-14-28(3)22(33)35-26-19(23)15-5-7-16(8-6-15)29-12-10-17(20(29)31)25-21(32)24-11-9-18(30)34-4/h5-8,17H,9-14H2,1-4H3,(H2,23,26)(H2,24,25,32)/t17-/m0/s1. The number of carbonyl (C=O) groups is 4. The van der Waals surface area contributed by atoms with Crippen LogP contribution in [0.25, 0.3) is 0 Å². The number of amidine groups is 1. The topological polar surface area (TPSA) is 159 Å². The first-order valence-corrected chi connectivity index (χ1v) is 11.1. The number of rotatable bonds is 10. The Morgan fingerprint density at radius 1 is 1.17 bits per heavy atom. The molecule has 1 aliphatic heterocycles. The highest BCUT2D eigenvalue weighted by molar-refractivity contribution is 6.02. The third-order valence-corrected chi connectivity index (χ3v) is 5.24. The summed E-state index contributed by atoms with van der Waals surface area (Å²) in [6.07, 6.45) is -0.145. The molecule has 0 radical (unpaired) electrons. The van der Waals surface area contributed by atoms with Crippen molar-refractivity contribution in [1.82, 2.24) is 20.4 Å². The van der Waals surface area contributed by atoms with Gasteiger partial charge in [0, 0.05) is 44.5 Å². The summed E-state index contributed by atoms with van der Waals surface area (Å²) in [5.74, 6) is -0.674. The first-order chi connectivity index (χ1) is 16.6. The van der Waals surface area contributed by atoms with Crippen LogP contribution in [0.4, 0.5) is 15.3 Å². The number of urea groups is 1. The van der Waals surface area contributed by atoms with Crippen molar-refractivity contribution in [3.05, 3.63) is 29.8 Å². The second-order valence-corrected chi connectivity index (χ2v) is 8.16. The maximum Gasteiger partial charge on any atom is 0.435 e. The number of nitrogens with zero attached hydrogens (tertiary/aromatic N) is 4. The van der Waals surface area contributed by atoms with Crippen LogP contribution in [0.3, 0.4) is 0 Å². The van der Waals surface area contributed by atoms with Crippen LogP contribution in [0.15, 0.2) is 29.4 Å². The molecule has 1 heterocycles. The van der Waals surface area contributed by atoms with E-state index < -0.39 is 24.1 Å². The second kappa shape index (κ2) is 13.1. The minimum atomic E-state index is -0.677. The molecule has 1 aromatic rings. The zero-order valence-electron chi connectivity index (χ0n) is 20.4. The van der Waals surface area contributed by atoms with E-state index in [4.69, 9.17) is 10.6 Å². The summed E-state index contributed by atoms with van der Waals surface area (Å²) >= 11 is 0. The zero-order valence-corrected chi connectivity index (χ0v) is 20.4. The summed E-state index contributed by atoms with van der Waals surface area (Å²) in [7, 11) is 6.67. The van der Waals surface area contributed by atoms with E-state index in [-0.39, 0.29) is 24.7 Å². The number of methoxy groups -OCH3 is 1. The van der Waals surface area contributed by atoms with Gasteiger partial charge in [-0.2, -0.15) is 0 Å².